The number of ether oxygens (including phenoxy) is 1. The van der Waals surface area contributed by atoms with Crippen LogP contribution in [-0.4, -0.2) is 55.9 Å². The molecule has 0 saturated carbocycles. The Morgan fingerprint density at radius 1 is 1.35 bits per heavy atom. The Kier molecular flexibility index (Phi) is 4.28. The van der Waals surface area contributed by atoms with Crippen molar-refractivity contribution in [1.82, 2.24) is 4.90 Å². The molecule has 0 aliphatic carbocycles. The average Bonchev–Trinajstić information content (AvgIpc) is 2.59. The largest absolute Gasteiger partial charge is 0.490 e. The normalized spacial score (nSPS) is 24.8. The molecule has 1 fully saturated rings. The smallest absolute Gasteiger partial charge is 0.400 e. The SMILES string of the molecule is COCC(=O)N1CC=C(B2OC(C)(C)C(C)(C)O2)CC1. The molecule has 0 spiro atoms. The van der Waals surface area contributed by atoms with Gasteiger partial charge in [-0.2, -0.15) is 0 Å². The van der Waals surface area contributed by atoms with Crippen molar-refractivity contribution in [1.29, 1.82) is 0 Å². The number of rotatable bonds is 3. The second-order valence-electron chi connectivity index (χ2n) is 6.39. The van der Waals surface area contributed by atoms with Crippen molar-refractivity contribution in [3.8, 4) is 0 Å². The average molecular weight is 281 g/mol. The highest BCUT2D eigenvalue weighted by molar-refractivity contribution is 6.54. The van der Waals surface area contributed by atoms with Gasteiger partial charge in [0.15, 0.2) is 0 Å². The van der Waals surface area contributed by atoms with E-state index in [1.165, 1.54) is 7.11 Å². The van der Waals surface area contributed by atoms with Crippen LogP contribution in [0.2, 0.25) is 0 Å². The van der Waals surface area contributed by atoms with Gasteiger partial charge in [-0.15, -0.1) is 0 Å². The summed E-state index contributed by atoms with van der Waals surface area (Å²) in [5.74, 6) is 0.0247. The van der Waals surface area contributed by atoms with Crippen LogP contribution < -0.4 is 0 Å². The van der Waals surface area contributed by atoms with E-state index in [1.54, 1.807) is 4.90 Å². The number of methoxy groups -OCH3 is 1. The zero-order valence-corrected chi connectivity index (χ0v) is 13.1. The molecule has 0 N–H and O–H groups in total. The molecule has 2 heterocycles. The second-order valence-corrected chi connectivity index (χ2v) is 6.39. The molecule has 2 rings (SSSR count). The van der Waals surface area contributed by atoms with Gasteiger partial charge in [0, 0.05) is 20.2 Å². The highest BCUT2D eigenvalue weighted by Gasteiger charge is 2.52. The number of carbonyl (C=O) groups excluding carboxylic acids is 1. The monoisotopic (exact) mass is 281 g/mol. The third kappa shape index (κ3) is 2.92. The predicted molar refractivity (Wildman–Crippen MR) is 77.2 cm³/mol. The zero-order chi connectivity index (χ0) is 15.0. The molecule has 1 saturated heterocycles. The first-order valence-corrected chi connectivity index (χ1v) is 7.08. The Hall–Kier alpha value is -0.845. The summed E-state index contributed by atoms with van der Waals surface area (Å²) in [6.45, 7) is 9.62. The molecule has 0 unspecified atom stereocenters. The molecule has 2 aliphatic rings. The van der Waals surface area contributed by atoms with E-state index in [4.69, 9.17) is 14.0 Å². The summed E-state index contributed by atoms with van der Waals surface area (Å²) < 4.78 is 16.9. The fraction of sp³-hybridized carbons (Fsp3) is 0.786. The minimum atomic E-state index is -0.318. The maximum Gasteiger partial charge on any atom is 0.490 e. The van der Waals surface area contributed by atoms with Gasteiger partial charge in [-0.05, 0) is 39.6 Å². The van der Waals surface area contributed by atoms with Crippen molar-refractivity contribution in [2.45, 2.75) is 45.3 Å². The molecule has 0 radical (unpaired) electrons. The van der Waals surface area contributed by atoms with Crippen molar-refractivity contribution in [3.63, 3.8) is 0 Å². The maximum atomic E-state index is 11.7. The van der Waals surface area contributed by atoms with Gasteiger partial charge in [0.25, 0.3) is 0 Å². The summed E-state index contributed by atoms with van der Waals surface area (Å²) in [5.41, 5.74) is 0.494. The number of hydrogen-bond acceptors (Lipinski definition) is 4. The lowest BCUT2D eigenvalue weighted by Crippen LogP contribution is -2.41. The summed E-state index contributed by atoms with van der Waals surface area (Å²) in [5, 5.41) is 0. The standard InChI is InChI=1S/C14H24BNO4/c1-13(2)14(3,4)20-15(19-13)11-6-8-16(9-7-11)12(17)10-18-5/h6H,7-10H2,1-5H3. The molecular formula is C14H24BNO4. The Morgan fingerprint density at radius 3 is 2.40 bits per heavy atom. The summed E-state index contributed by atoms with van der Waals surface area (Å²) in [7, 11) is 1.24. The van der Waals surface area contributed by atoms with E-state index in [-0.39, 0.29) is 30.8 Å². The van der Waals surface area contributed by atoms with E-state index in [9.17, 15) is 4.79 Å². The molecule has 20 heavy (non-hydrogen) atoms. The Labute approximate surface area is 121 Å². The lowest BCUT2D eigenvalue weighted by Gasteiger charge is -2.32. The topological polar surface area (TPSA) is 48.0 Å². The van der Waals surface area contributed by atoms with E-state index in [0.29, 0.717) is 13.1 Å². The van der Waals surface area contributed by atoms with Crippen molar-refractivity contribution < 1.29 is 18.8 Å². The first-order chi connectivity index (χ1) is 9.27. The number of amides is 1. The van der Waals surface area contributed by atoms with Crippen LogP contribution >= 0.6 is 0 Å². The predicted octanol–water partition coefficient (Wildman–Crippen LogP) is 1.42. The molecule has 0 atom stereocenters. The fourth-order valence-corrected chi connectivity index (χ4v) is 2.33. The van der Waals surface area contributed by atoms with Crippen LogP contribution in [-0.2, 0) is 18.8 Å². The van der Waals surface area contributed by atoms with Crippen LogP contribution in [0.25, 0.3) is 0 Å². The molecule has 0 aromatic carbocycles. The zero-order valence-electron chi connectivity index (χ0n) is 13.1. The molecule has 0 aromatic heterocycles. The quantitative estimate of drug-likeness (QED) is 0.734. The van der Waals surface area contributed by atoms with Gasteiger partial charge >= 0.3 is 7.12 Å². The van der Waals surface area contributed by atoms with Crippen molar-refractivity contribution in [3.05, 3.63) is 11.5 Å². The highest BCUT2D eigenvalue weighted by atomic mass is 16.7. The minimum absolute atomic E-state index is 0.0247. The molecule has 1 amide bonds. The van der Waals surface area contributed by atoms with Crippen LogP contribution in [0.3, 0.4) is 0 Å². The van der Waals surface area contributed by atoms with Crippen LogP contribution in [0, 0.1) is 0 Å². The summed E-state index contributed by atoms with van der Waals surface area (Å²) in [6, 6.07) is 0. The van der Waals surface area contributed by atoms with Crippen LogP contribution in [0.4, 0.5) is 0 Å². The van der Waals surface area contributed by atoms with E-state index in [0.717, 1.165) is 11.9 Å². The van der Waals surface area contributed by atoms with Crippen LogP contribution in [0.5, 0.6) is 0 Å². The first kappa shape index (κ1) is 15.5. The van der Waals surface area contributed by atoms with Gasteiger partial charge in [-0.3, -0.25) is 4.79 Å². The Balaban J connectivity index is 1.98. The van der Waals surface area contributed by atoms with Gasteiger partial charge < -0.3 is 18.9 Å². The number of carbonyl (C=O) groups is 1. The van der Waals surface area contributed by atoms with Gasteiger partial charge in [0.1, 0.15) is 6.61 Å². The van der Waals surface area contributed by atoms with Gasteiger partial charge in [0.05, 0.1) is 11.2 Å². The lowest BCUT2D eigenvalue weighted by atomic mass is 9.75. The van der Waals surface area contributed by atoms with Crippen molar-refractivity contribution >= 4 is 13.0 Å². The molecule has 0 bridgehead atoms. The fourth-order valence-electron chi connectivity index (χ4n) is 2.33. The van der Waals surface area contributed by atoms with Crippen LogP contribution in [0.1, 0.15) is 34.1 Å². The van der Waals surface area contributed by atoms with E-state index in [2.05, 4.69) is 0 Å². The Morgan fingerprint density at radius 2 is 1.95 bits per heavy atom. The molecular weight excluding hydrogens is 257 g/mol. The summed E-state index contributed by atoms with van der Waals surface area (Å²) >= 11 is 0. The molecule has 5 nitrogen and oxygen atoms in total. The third-order valence-corrected chi connectivity index (χ3v) is 4.42. The number of nitrogens with zero attached hydrogens (tertiary/aromatic N) is 1. The minimum Gasteiger partial charge on any atom is -0.400 e. The van der Waals surface area contributed by atoms with Crippen LogP contribution in [0.15, 0.2) is 11.5 Å². The summed E-state index contributed by atoms with van der Waals surface area (Å²) in [4.78, 5) is 13.5. The molecule has 6 heteroatoms. The number of hydrogen-bond donors (Lipinski definition) is 0. The Bertz CT molecular complexity index is 403. The van der Waals surface area contributed by atoms with Crippen molar-refractivity contribution in [2.24, 2.45) is 0 Å². The van der Waals surface area contributed by atoms with E-state index < -0.39 is 0 Å². The van der Waals surface area contributed by atoms with Gasteiger partial charge in [-0.25, -0.2) is 0 Å². The lowest BCUT2D eigenvalue weighted by molar-refractivity contribution is -0.134. The summed E-state index contributed by atoms with van der Waals surface area (Å²) in [6.07, 6.45) is 2.82. The van der Waals surface area contributed by atoms with Gasteiger partial charge in [-0.1, -0.05) is 6.08 Å². The van der Waals surface area contributed by atoms with E-state index >= 15 is 0 Å². The van der Waals surface area contributed by atoms with Crippen molar-refractivity contribution in [2.75, 3.05) is 26.8 Å². The third-order valence-electron chi connectivity index (χ3n) is 4.42. The second kappa shape index (κ2) is 5.50. The molecule has 2 aliphatic heterocycles. The van der Waals surface area contributed by atoms with Gasteiger partial charge in [0.2, 0.25) is 5.91 Å². The first-order valence-electron chi connectivity index (χ1n) is 7.08. The molecule has 0 aromatic rings. The van der Waals surface area contributed by atoms with E-state index in [1.807, 2.05) is 33.8 Å². The maximum absolute atomic E-state index is 11.7. The molecule has 112 valence electrons. The highest BCUT2D eigenvalue weighted by Crippen LogP contribution is 2.39.